The number of ether oxygens (including phenoxy) is 1. The lowest BCUT2D eigenvalue weighted by Gasteiger charge is -2.16. The molecule has 0 spiro atoms. The minimum Gasteiger partial charge on any atom is -0.504 e. The second kappa shape index (κ2) is 8.53. The predicted molar refractivity (Wildman–Crippen MR) is 93.9 cm³/mol. The summed E-state index contributed by atoms with van der Waals surface area (Å²) >= 11 is 0. The molecule has 0 fully saturated rings. The number of methoxy groups -OCH3 is 1. The Morgan fingerprint density at radius 2 is 2.16 bits per heavy atom. The molecule has 7 nitrogen and oxygen atoms in total. The van der Waals surface area contributed by atoms with Crippen molar-refractivity contribution in [3.8, 4) is 11.5 Å². The van der Waals surface area contributed by atoms with Crippen LogP contribution < -0.4 is 10.1 Å². The van der Waals surface area contributed by atoms with Crippen molar-refractivity contribution in [2.75, 3.05) is 20.3 Å². The standard InChI is InChI=1S/C18H25N3O4/c1-4-21-15(7-12(2)20-21)18(24)19-10-14(11-22)8-13-5-6-17(25-3)16(23)9-13/h5-7,9,14,22-23H,4,8,10-11H2,1-3H3,(H,19,24). The molecule has 0 aliphatic rings. The summed E-state index contributed by atoms with van der Waals surface area (Å²) in [4.78, 5) is 12.3. The van der Waals surface area contributed by atoms with Crippen LogP contribution in [0.1, 0.15) is 28.7 Å². The van der Waals surface area contributed by atoms with Crippen LogP contribution in [-0.4, -0.2) is 46.2 Å². The number of aryl methyl sites for hydroxylation is 2. The Labute approximate surface area is 147 Å². The van der Waals surface area contributed by atoms with E-state index >= 15 is 0 Å². The smallest absolute Gasteiger partial charge is 0.269 e. The highest BCUT2D eigenvalue weighted by Gasteiger charge is 2.16. The molecule has 136 valence electrons. The molecule has 1 atom stereocenters. The molecule has 0 saturated carbocycles. The predicted octanol–water partition coefficient (Wildman–Crippen LogP) is 1.51. The largest absolute Gasteiger partial charge is 0.504 e. The average molecular weight is 347 g/mol. The average Bonchev–Trinajstić information content (AvgIpc) is 2.99. The van der Waals surface area contributed by atoms with Gasteiger partial charge >= 0.3 is 0 Å². The molecule has 2 aromatic rings. The molecule has 7 heteroatoms. The third kappa shape index (κ3) is 4.73. The van der Waals surface area contributed by atoms with Crippen molar-refractivity contribution in [3.05, 3.63) is 41.2 Å². The number of benzene rings is 1. The number of carbonyl (C=O) groups is 1. The fourth-order valence-electron chi connectivity index (χ4n) is 2.69. The fraction of sp³-hybridized carbons (Fsp3) is 0.444. The number of nitrogens with one attached hydrogen (secondary N) is 1. The number of phenolic OH excluding ortho intramolecular Hbond substituents is 1. The maximum atomic E-state index is 12.3. The van der Waals surface area contributed by atoms with E-state index in [0.29, 0.717) is 31.0 Å². The summed E-state index contributed by atoms with van der Waals surface area (Å²) in [7, 11) is 1.49. The number of aromatic nitrogens is 2. The quantitative estimate of drug-likeness (QED) is 0.672. The monoisotopic (exact) mass is 347 g/mol. The first-order valence-corrected chi connectivity index (χ1v) is 8.27. The van der Waals surface area contributed by atoms with E-state index in [0.717, 1.165) is 11.3 Å². The Morgan fingerprint density at radius 1 is 1.40 bits per heavy atom. The molecule has 0 aliphatic carbocycles. The van der Waals surface area contributed by atoms with Gasteiger partial charge in [0.25, 0.3) is 5.91 Å². The Balaban J connectivity index is 1.97. The van der Waals surface area contributed by atoms with Crippen LogP contribution in [-0.2, 0) is 13.0 Å². The van der Waals surface area contributed by atoms with Crippen molar-refractivity contribution in [2.24, 2.45) is 5.92 Å². The molecule has 1 heterocycles. The molecule has 1 unspecified atom stereocenters. The van der Waals surface area contributed by atoms with Crippen LogP contribution in [0, 0.1) is 12.8 Å². The van der Waals surface area contributed by atoms with E-state index in [9.17, 15) is 15.0 Å². The molecule has 2 rings (SSSR count). The van der Waals surface area contributed by atoms with Crippen LogP contribution in [0.15, 0.2) is 24.3 Å². The first-order chi connectivity index (χ1) is 12.0. The van der Waals surface area contributed by atoms with E-state index in [1.165, 1.54) is 7.11 Å². The SMILES string of the molecule is CCn1nc(C)cc1C(=O)NCC(CO)Cc1ccc(OC)c(O)c1. The molecule has 3 N–H and O–H groups in total. The summed E-state index contributed by atoms with van der Waals surface area (Å²) in [6.07, 6.45) is 0.528. The summed E-state index contributed by atoms with van der Waals surface area (Å²) in [6.45, 7) is 4.64. The van der Waals surface area contributed by atoms with Crippen LogP contribution in [0.4, 0.5) is 0 Å². The number of hydrogen-bond donors (Lipinski definition) is 3. The van der Waals surface area contributed by atoms with Crippen molar-refractivity contribution < 1.29 is 19.7 Å². The lowest BCUT2D eigenvalue weighted by atomic mass is 9.99. The highest BCUT2D eigenvalue weighted by atomic mass is 16.5. The van der Waals surface area contributed by atoms with Crippen molar-refractivity contribution >= 4 is 5.91 Å². The summed E-state index contributed by atoms with van der Waals surface area (Å²) in [5, 5.41) is 26.5. The Bertz CT molecular complexity index is 727. The number of carbonyl (C=O) groups excluding carboxylic acids is 1. The number of aliphatic hydroxyl groups is 1. The van der Waals surface area contributed by atoms with Crippen LogP contribution in [0.3, 0.4) is 0 Å². The molecule has 1 aromatic heterocycles. The molecule has 0 aliphatic heterocycles. The summed E-state index contributed by atoms with van der Waals surface area (Å²) < 4.78 is 6.67. The van der Waals surface area contributed by atoms with E-state index in [1.807, 2.05) is 19.9 Å². The van der Waals surface area contributed by atoms with Crippen LogP contribution >= 0.6 is 0 Å². The van der Waals surface area contributed by atoms with Gasteiger partial charge in [-0.15, -0.1) is 0 Å². The minimum atomic E-state index is -0.210. The van der Waals surface area contributed by atoms with E-state index in [4.69, 9.17) is 4.74 Å². The maximum Gasteiger partial charge on any atom is 0.269 e. The van der Waals surface area contributed by atoms with Gasteiger partial charge in [0.2, 0.25) is 0 Å². The lowest BCUT2D eigenvalue weighted by Crippen LogP contribution is -2.33. The summed E-state index contributed by atoms with van der Waals surface area (Å²) in [5.74, 6) is 0.0955. The molecular weight excluding hydrogens is 322 g/mol. The second-order valence-corrected chi connectivity index (χ2v) is 5.96. The van der Waals surface area contributed by atoms with Gasteiger partial charge in [-0.25, -0.2) is 0 Å². The van der Waals surface area contributed by atoms with E-state index < -0.39 is 0 Å². The van der Waals surface area contributed by atoms with E-state index in [2.05, 4.69) is 10.4 Å². The molecule has 0 saturated heterocycles. The molecule has 1 amide bonds. The van der Waals surface area contributed by atoms with Gasteiger partial charge in [0.15, 0.2) is 11.5 Å². The number of aliphatic hydroxyl groups excluding tert-OH is 1. The van der Waals surface area contributed by atoms with Gasteiger partial charge in [-0.2, -0.15) is 5.10 Å². The Hall–Kier alpha value is -2.54. The summed E-state index contributed by atoms with van der Waals surface area (Å²) in [6, 6.07) is 6.87. The van der Waals surface area contributed by atoms with Crippen LogP contribution in [0.5, 0.6) is 11.5 Å². The Kier molecular flexibility index (Phi) is 6.41. The third-order valence-electron chi connectivity index (χ3n) is 4.01. The minimum absolute atomic E-state index is 0.0584. The van der Waals surface area contributed by atoms with Crippen molar-refractivity contribution in [2.45, 2.75) is 26.8 Å². The van der Waals surface area contributed by atoms with Gasteiger partial charge in [0.05, 0.1) is 12.8 Å². The topological polar surface area (TPSA) is 96.6 Å². The Morgan fingerprint density at radius 3 is 2.76 bits per heavy atom. The van der Waals surface area contributed by atoms with Crippen molar-refractivity contribution in [3.63, 3.8) is 0 Å². The van der Waals surface area contributed by atoms with Gasteiger partial charge in [-0.3, -0.25) is 9.48 Å². The molecular formula is C18H25N3O4. The van der Waals surface area contributed by atoms with Crippen molar-refractivity contribution in [1.29, 1.82) is 0 Å². The number of aromatic hydroxyl groups is 1. The van der Waals surface area contributed by atoms with Crippen LogP contribution in [0.2, 0.25) is 0 Å². The number of hydrogen-bond acceptors (Lipinski definition) is 5. The highest BCUT2D eigenvalue weighted by molar-refractivity contribution is 5.92. The van der Waals surface area contributed by atoms with E-state index in [-0.39, 0.29) is 24.2 Å². The van der Waals surface area contributed by atoms with Crippen molar-refractivity contribution in [1.82, 2.24) is 15.1 Å². The molecule has 1 aromatic carbocycles. The zero-order chi connectivity index (χ0) is 18.4. The highest BCUT2D eigenvalue weighted by Crippen LogP contribution is 2.27. The first kappa shape index (κ1) is 18.8. The lowest BCUT2D eigenvalue weighted by molar-refractivity contribution is 0.0929. The van der Waals surface area contributed by atoms with E-state index in [1.54, 1.807) is 22.9 Å². The number of amides is 1. The summed E-state index contributed by atoms with van der Waals surface area (Å²) in [5.41, 5.74) is 2.17. The second-order valence-electron chi connectivity index (χ2n) is 5.96. The molecule has 25 heavy (non-hydrogen) atoms. The van der Waals surface area contributed by atoms with Gasteiger partial charge in [0.1, 0.15) is 5.69 Å². The zero-order valence-corrected chi connectivity index (χ0v) is 14.8. The first-order valence-electron chi connectivity index (χ1n) is 8.27. The third-order valence-corrected chi connectivity index (χ3v) is 4.01. The fourth-order valence-corrected chi connectivity index (χ4v) is 2.69. The number of phenols is 1. The van der Waals surface area contributed by atoms with Gasteiger partial charge in [-0.05, 0) is 44.0 Å². The zero-order valence-electron chi connectivity index (χ0n) is 14.8. The van der Waals surface area contributed by atoms with Crippen LogP contribution in [0.25, 0.3) is 0 Å². The number of nitrogens with zero attached hydrogens (tertiary/aromatic N) is 2. The maximum absolute atomic E-state index is 12.3. The van der Waals surface area contributed by atoms with Gasteiger partial charge < -0.3 is 20.3 Å². The molecule has 0 radical (unpaired) electrons. The van der Waals surface area contributed by atoms with Gasteiger partial charge in [-0.1, -0.05) is 6.07 Å². The normalized spacial score (nSPS) is 12.0. The molecule has 0 bridgehead atoms. The number of rotatable bonds is 8. The van der Waals surface area contributed by atoms with Gasteiger partial charge in [0, 0.05) is 25.6 Å².